The zero-order valence-corrected chi connectivity index (χ0v) is 16.4. The smallest absolute Gasteiger partial charge is 0.406 e. The van der Waals surface area contributed by atoms with E-state index in [1.54, 1.807) is 12.1 Å². The Hall–Kier alpha value is -1.31. The molecule has 27 heavy (non-hydrogen) atoms. The van der Waals surface area contributed by atoms with Gasteiger partial charge in [-0.05, 0) is 71.1 Å². The van der Waals surface area contributed by atoms with Crippen LogP contribution in [0.5, 0.6) is 5.75 Å². The summed E-state index contributed by atoms with van der Waals surface area (Å²) in [7, 11) is 4.30. The third-order valence-corrected chi connectivity index (χ3v) is 6.18. The lowest BCUT2D eigenvalue weighted by Crippen LogP contribution is -2.44. The van der Waals surface area contributed by atoms with E-state index in [9.17, 15) is 13.2 Å². The molecule has 0 amide bonds. The zero-order chi connectivity index (χ0) is 19.6. The highest BCUT2D eigenvalue weighted by molar-refractivity contribution is 5.29. The minimum absolute atomic E-state index is 0.146. The molecule has 2 atom stereocenters. The maximum Gasteiger partial charge on any atom is 0.573 e. The van der Waals surface area contributed by atoms with Gasteiger partial charge in [0, 0.05) is 31.2 Å². The van der Waals surface area contributed by atoms with Crippen LogP contribution in [-0.2, 0) is 0 Å². The van der Waals surface area contributed by atoms with Crippen LogP contribution in [0.4, 0.5) is 13.2 Å². The molecule has 2 heterocycles. The second-order valence-corrected chi connectivity index (χ2v) is 7.93. The number of hydrogen-bond donors (Lipinski definition) is 0. The van der Waals surface area contributed by atoms with E-state index in [1.165, 1.54) is 38.1 Å². The number of hydrogen-bond acceptors (Lipinski definition) is 4. The van der Waals surface area contributed by atoms with Gasteiger partial charge in [0.15, 0.2) is 0 Å². The largest absolute Gasteiger partial charge is 0.573 e. The summed E-state index contributed by atoms with van der Waals surface area (Å²) < 4.78 is 40.9. The molecule has 0 aromatic heterocycles. The Morgan fingerprint density at radius 1 is 1.07 bits per heavy atom. The molecule has 4 nitrogen and oxygen atoms in total. The Morgan fingerprint density at radius 2 is 1.70 bits per heavy atom. The summed E-state index contributed by atoms with van der Waals surface area (Å²) in [6.07, 6.45) is -1.03. The fraction of sp³-hybridized carbons (Fsp3) is 0.700. The van der Waals surface area contributed by atoms with E-state index in [-0.39, 0.29) is 11.8 Å². The number of alkyl halides is 3. The van der Waals surface area contributed by atoms with E-state index in [1.807, 2.05) is 0 Å². The number of likely N-dealkylation sites (N-methyl/N-ethyl adjacent to an activating group) is 1. The maximum atomic E-state index is 12.3. The van der Waals surface area contributed by atoms with Gasteiger partial charge in [-0.3, -0.25) is 9.80 Å². The van der Waals surface area contributed by atoms with Crippen molar-refractivity contribution >= 4 is 0 Å². The number of piperidine rings is 1. The van der Waals surface area contributed by atoms with Crippen LogP contribution in [0.25, 0.3) is 0 Å². The third kappa shape index (κ3) is 5.36. The van der Waals surface area contributed by atoms with Crippen molar-refractivity contribution in [1.29, 1.82) is 0 Å². The van der Waals surface area contributed by atoms with Crippen molar-refractivity contribution in [3.8, 4) is 5.75 Å². The summed E-state index contributed by atoms with van der Waals surface area (Å²) in [5.74, 6) is -0.171. The molecular formula is C20H30F3N3O. The van der Waals surface area contributed by atoms with Gasteiger partial charge < -0.3 is 9.64 Å². The topological polar surface area (TPSA) is 19.0 Å². The fourth-order valence-electron chi connectivity index (χ4n) is 4.29. The molecule has 7 heteroatoms. The molecule has 0 bridgehead atoms. The molecule has 3 rings (SSSR count). The third-order valence-electron chi connectivity index (χ3n) is 6.18. The van der Waals surface area contributed by atoms with Gasteiger partial charge in [0.1, 0.15) is 5.75 Å². The van der Waals surface area contributed by atoms with Gasteiger partial charge in [-0.1, -0.05) is 12.1 Å². The van der Waals surface area contributed by atoms with Crippen LogP contribution >= 0.6 is 0 Å². The summed E-state index contributed by atoms with van der Waals surface area (Å²) in [5.41, 5.74) is 1.00. The Kier molecular flexibility index (Phi) is 6.33. The zero-order valence-electron chi connectivity index (χ0n) is 16.4. The van der Waals surface area contributed by atoms with Gasteiger partial charge >= 0.3 is 6.36 Å². The summed E-state index contributed by atoms with van der Waals surface area (Å²) in [4.78, 5) is 7.38. The van der Waals surface area contributed by atoms with Crippen molar-refractivity contribution in [3.05, 3.63) is 29.8 Å². The van der Waals surface area contributed by atoms with Gasteiger partial charge in [-0.25, -0.2) is 0 Å². The van der Waals surface area contributed by atoms with Crippen LogP contribution in [0.15, 0.2) is 24.3 Å². The van der Waals surface area contributed by atoms with Crippen molar-refractivity contribution < 1.29 is 17.9 Å². The molecule has 2 fully saturated rings. The number of likely N-dealkylation sites (tertiary alicyclic amines) is 2. The van der Waals surface area contributed by atoms with Crippen molar-refractivity contribution in [1.82, 2.24) is 14.7 Å². The lowest BCUT2D eigenvalue weighted by atomic mass is 10.0. The first-order valence-electron chi connectivity index (χ1n) is 9.73. The van der Waals surface area contributed by atoms with Gasteiger partial charge in [0.2, 0.25) is 0 Å². The molecular weight excluding hydrogens is 355 g/mol. The molecule has 2 aliphatic rings. The molecule has 1 aromatic rings. The highest BCUT2D eigenvalue weighted by Gasteiger charge is 2.34. The molecule has 0 N–H and O–H groups in total. The minimum Gasteiger partial charge on any atom is -0.406 e. The lowest BCUT2D eigenvalue weighted by molar-refractivity contribution is -0.274. The number of rotatable bonds is 5. The van der Waals surface area contributed by atoms with E-state index >= 15 is 0 Å². The van der Waals surface area contributed by atoms with E-state index in [2.05, 4.69) is 40.5 Å². The van der Waals surface area contributed by atoms with Crippen molar-refractivity contribution in [2.75, 3.05) is 40.3 Å². The first kappa shape index (κ1) is 20.4. The summed E-state index contributed by atoms with van der Waals surface area (Å²) in [6.45, 7) is 6.66. The molecule has 0 radical (unpaired) electrons. The monoisotopic (exact) mass is 385 g/mol. The SMILES string of the molecule is C[C@@H](c1ccc(OC(F)(F)F)cc1)N(C)[C@@H]1CCN(C2CCN(C)CC2)C1. The summed E-state index contributed by atoms with van der Waals surface area (Å²) in [5, 5.41) is 0. The van der Waals surface area contributed by atoms with Gasteiger partial charge in [-0.15, -0.1) is 13.2 Å². The van der Waals surface area contributed by atoms with Crippen molar-refractivity contribution in [2.24, 2.45) is 0 Å². The number of nitrogens with zero attached hydrogens (tertiary/aromatic N) is 3. The first-order chi connectivity index (χ1) is 12.7. The Morgan fingerprint density at radius 3 is 2.30 bits per heavy atom. The molecule has 0 saturated carbocycles. The molecule has 2 aliphatic heterocycles. The predicted octanol–water partition coefficient (Wildman–Crippen LogP) is 3.75. The van der Waals surface area contributed by atoms with Crippen molar-refractivity contribution in [3.63, 3.8) is 0 Å². The van der Waals surface area contributed by atoms with E-state index < -0.39 is 6.36 Å². The van der Waals surface area contributed by atoms with Crippen LogP contribution in [-0.4, -0.2) is 73.4 Å². The number of ether oxygens (including phenoxy) is 1. The van der Waals surface area contributed by atoms with E-state index in [0.717, 1.165) is 25.1 Å². The second kappa shape index (κ2) is 8.37. The molecule has 2 saturated heterocycles. The molecule has 0 aliphatic carbocycles. The van der Waals surface area contributed by atoms with Crippen LogP contribution in [0.3, 0.4) is 0 Å². The standard InChI is InChI=1S/C20H30F3N3O/c1-15(16-4-6-19(7-5-16)27-20(21,22)23)25(3)18-10-13-26(14-18)17-8-11-24(2)12-9-17/h4-7,15,17-18H,8-14H2,1-3H3/t15-,18+/m0/s1. The predicted molar refractivity (Wildman–Crippen MR) is 99.8 cm³/mol. The average Bonchev–Trinajstić information content (AvgIpc) is 3.10. The molecule has 0 unspecified atom stereocenters. The van der Waals surface area contributed by atoms with E-state index in [0.29, 0.717) is 12.1 Å². The molecule has 0 spiro atoms. The number of halogens is 3. The summed E-state index contributed by atoms with van der Waals surface area (Å²) in [6, 6.07) is 7.56. The van der Waals surface area contributed by atoms with Gasteiger partial charge in [-0.2, -0.15) is 0 Å². The molecule has 1 aromatic carbocycles. The van der Waals surface area contributed by atoms with Crippen LogP contribution in [0.1, 0.15) is 37.8 Å². The quantitative estimate of drug-likeness (QED) is 0.768. The fourth-order valence-corrected chi connectivity index (χ4v) is 4.29. The lowest BCUT2D eigenvalue weighted by Gasteiger charge is -2.36. The Labute approximate surface area is 159 Å². The van der Waals surface area contributed by atoms with Crippen LogP contribution in [0.2, 0.25) is 0 Å². The highest BCUT2D eigenvalue weighted by atomic mass is 19.4. The minimum atomic E-state index is -4.65. The normalized spacial score (nSPS) is 24.5. The average molecular weight is 385 g/mol. The van der Waals surface area contributed by atoms with Crippen molar-refractivity contribution in [2.45, 2.75) is 50.7 Å². The maximum absolute atomic E-state index is 12.3. The Balaban J connectivity index is 1.55. The first-order valence-corrected chi connectivity index (χ1v) is 9.73. The van der Waals surface area contributed by atoms with Crippen LogP contribution in [0, 0.1) is 0 Å². The second-order valence-electron chi connectivity index (χ2n) is 7.93. The summed E-state index contributed by atoms with van der Waals surface area (Å²) >= 11 is 0. The van der Waals surface area contributed by atoms with E-state index in [4.69, 9.17) is 0 Å². The highest BCUT2D eigenvalue weighted by Crippen LogP contribution is 2.30. The number of benzene rings is 1. The van der Waals surface area contributed by atoms with Crippen LogP contribution < -0.4 is 4.74 Å². The van der Waals surface area contributed by atoms with Gasteiger partial charge in [0.05, 0.1) is 0 Å². The molecule has 152 valence electrons. The Bertz CT molecular complexity index is 599. The van der Waals surface area contributed by atoms with Gasteiger partial charge in [0.25, 0.3) is 0 Å².